The summed E-state index contributed by atoms with van der Waals surface area (Å²) in [4.78, 5) is 12.1. The molecule has 118 valence electrons. The minimum absolute atomic E-state index is 0.146. The lowest BCUT2D eigenvalue weighted by Crippen LogP contribution is -2.17. The minimum atomic E-state index is -3.49. The molecular formula is C17H16N2O3S. The fourth-order valence-corrected chi connectivity index (χ4v) is 3.22. The lowest BCUT2D eigenvalue weighted by Gasteiger charge is -2.07. The van der Waals surface area contributed by atoms with Crippen LogP contribution < -0.4 is 5.32 Å². The van der Waals surface area contributed by atoms with Gasteiger partial charge in [-0.15, -0.1) is 0 Å². The number of nitrogens with one attached hydrogen (secondary N) is 1. The number of sulfone groups is 1. The summed E-state index contributed by atoms with van der Waals surface area (Å²) in [6.45, 7) is 1.87. The zero-order valence-corrected chi connectivity index (χ0v) is 13.4. The van der Waals surface area contributed by atoms with E-state index < -0.39 is 15.7 Å². The predicted octanol–water partition coefficient (Wildman–Crippen LogP) is 2.67. The first-order valence-electron chi connectivity index (χ1n) is 7.00. The van der Waals surface area contributed by atoms with E-state index in [0.717, 1.165) is 5.56 Å². The quantitative estimate of drug-likeness (QED) is 0.914. The van der Waals surface area contributed by atoms with Crippen molar-refractivity contribution in [3.8, 4) is 6.07 Å². The molecular weight excluding hydrogens is 312 g/mol. The summed E-state index contributed by atoms with van der Waals surface area (Å²) in [5.74, 6) is -0.671. The van der Waals surface area contributed by atoms with Crippen molar-refractivity contribution >= 4 is 21.4 Å². The second-order valence-corrected chi connectivity index (χ2v) is 7.23. The number of carbonyl (C=O) groups excluding carboxylic acids is 1. The van der Waals surface area contributed by atoms with Crippen LogP contribution in [0.5, 0.6) is 0 Å². The molecule has 1 N–H and O–H groups in total. The van der Waals surface area contributed by atoms with Crippen molar-refractivity contribution in [2.45, 2.75) is 18.2 Å². The molecule has 0 heterocycles. The Morgan fingerprint density at radius 2 is 1.87 bits per heavy atom. The van der Waals surface area contributed by atoms with Crippen LogP contribution in [0.15, 0.2) is 53.4 Å². The summed E-state index contributed by atoms with van der Waals surface area (Å²) in [5.41, 5.74) is 1.87. The van der Waals surface area contributed by atoms with Crippen molar-refractivity contribution < 1.29 is 13.2 Å². The summed E-state index contributed by atoms with van der Waals surface area (Å²) in [7, 11) is -3.49. The Balaban J connectivity index is 1.98. The Bertz CT molecular complexity index is 850. The average molecular weight is 328 g/mol. The molecule has 0 saturated heterocycles. The maximum absolute atomic E-state index is 12.2. The van der Waals surface area contributed by atoms with Crippen LogP contribution in [0.1, 0.15) is 17.5 Å². The first-order valence-corrected chi connectivity index (χ1v) is 8.65. The van der Waals surface area contributed by atoms with Gasteiger partial charge >= 0.3 is 0 Å². The molecule has 0 aliphatic rings. The lowest BCUT2D eigenvalue weighted by molar-refractivity contribution is -0.115. The fraction of sp³-hybridized carbons (Fsp3) is 0.176. The van der Waals surface area contributed by atoms with Crippen molar-refractivity contribution in [1.29, 1.82) is 5.26 Å². The van der Waals surface area contributed by atoms with Crippen LogP contribution in [0.4, 0.5) is 5.69 Å². The molecule has 0 atom stereocenters. The van der Waals surface area contributed by atoms with E-state index in [-0.39, 0.29) is 17.1 Å². The van der Waals surface area contributed by atoms with Crippen LogP contribution >= 0.6 is 0 Å². The molecule has 23 heavy (non-hydrogen) atoms. The van der Waals surface area contributed by atoms with E-state index in [4.69, 9.17) is 5.26 Å². The molecule has 5 nitrogen and oxygen atoms in total. The van der Waals surface area contributed by atoms with Crippen molar-refractivity contribution in [3.63, 3.8) is 0 Å². The molecule has 0 saturated carbocycles. The van der Waals surface area contributed by atoms with Gasteiger partial charge in [-0.05, 0) is 37.3 Å². The molecule has 0 spiro atoms. The first kappa shape index (κ1) is 16.7. The van der Waals surface area contributed by atoms with E-state index in [1.807, 2.05) is 13.0 Å². The second-order valence-electron chi connectivity index (χ2n) is 5.12. The lowest BCUT2D eigenvalue weighted by atomic mass is 10.2. The number of benzene rings is 2. The minimum Gasteiger partial charge on any atom is -0.326 e. The van der Waals surface area contributed by atoms with Gasteiger partial charge in [0.15, 0.2) is 9.84 Å². The number of hydrogen-bond donors (Lipinski definition) is 1. The summed E-state index contributed by atoms with van der Waals surface area (Å²) in [6, 6.07) is 15.0. The van der Waals surface area contributed by atoms with Crippen LogP contribution in [0, 0.1) is 18.3 Å². The highest BCUT2D eigenvalue weighted by atomic mass is 32.2. The Kier molecular flexibility index (Phi) is 5.14. The van der Waals surface area contributed by atoms with E-state index in [1.165, 1.54) is 6.07 Å². The van der Waals surface area contributed by atoms with Crippen molar-refractivity contribution in [2.75, 3.05) is 11.1 Å². The SMILES string of the molecule is Cc1ccc(S(=O)(=O)CCC(=O)Nc2cccc(C#N)c2)cc1. The molecule has 1 amide bonds. The molecule has 6 heteroatoms. The topological polar surface area (TPSA) is 87.0 Å². The highest BCUT2D eigenvalue weighted by Crippen LogP contribution is 2.14. The molecule has 0 bridgehead atoms. The third kappa shape index (κ3) is 4.66. The van der Waals surface area contributed by atoms with Gasteiger partial charge in [0.1, 0.15) is 0 Å². The molecule has 0 aromatic heterocycles. The fourth-order valence-electron chi connectivity index (χ4n) is 1.98. The Labute approximate surface area is 135 Å². The van der Waals surface area contributed by atoms with Gasteiger partial charge in [0, 0.05) is 12.1 Å². The van der Waals surface area contributed by atoms with E-state index in [0.29, 0.717) is 11.3 Å². The maximum Gasteiger partial charge on any atom is 0.225 e. The molecule has 0 aliphatic heterocycles. The Morgan fingerprint density at radius 3 is 2.52 bits per heavy atom. The van der Waals surface area contributed by atoms with Gasteiger partial charge in [-0.25, -0.2) is 8.42 Å². The number of rotatable bonds is 5. The van der Waals surface area contributed by atoms with Crippen LogP contribution in [0.2, 0.25) is 0 Å². The second kappa shape index (κ2) is 7.07. The number of aryl methyl sites for hydroxylation is 1. The number of carbonyl (C=O) groups is 1. The predicted molar refractivity (Wildman–Crippen MR) is 87.6 cm³/mol. The van der Waals surface area contributed by atoms with Crippen molar-refractivity contribution in [1.82, 2.24) is 0 Å². The highest BCUT2D eigenvalue weighted by Gasteiger charge is 2.16. The van der Waals surface area contributed by atoms with Gasteiger partial charge < -0.3 is 5.32 Å². The van der Waals surface area contributed by atoms with Crippen LogP contribution in [-0.2, 0) is 14.6 Å². The Hall–Kier alpha value is -2.65. The number of hydrogen-bond acceptors (Lipinski definition) is 4. The van der Waals surface area contributed by atoms with Crippen molar-refractivity contribution in [3.05, 3.63) is 59.7 Å². The van der Waals surface area contributed by atoms with Crippen molar-refractivity contribution in [2.24, 2.45) is 0 Å². The molecule has 0 unspecified atom stereocenters. The zero-order valence-electron chi connectivity index (χ0n) is 12.6. The zero-order chi connectivity index (χ0) is 16.9. The van der Waals surface area contributed by atoms with Gasteiger partial charge in [-0.2, -0.15) is 5.26 Å². The smallest absolute Gasteiger partial charge is 0.225 e. The number of nitriles is 1. The van der Waals surface area contributed by atoms with Gasteiger partial charge in [-0.3, -0.25) is 4.79 Å². The van der Waals surface area contributed by atoms with E-state index in [2.05, 4.69) is 5.32 Å². The molecule has 0 fully saturated rings. The summed E-state index contributed by atoms with van der Waals surface area (Å²) >= 11 is 0. The first-order chi connectivity index (χ1) is 10.9. The average Bonchev–Trinajstić information content (AvgIpc) is 2.54. The van der Waals surface area contributed by atoms with Gasteiger partial charge in [0.25, 0.3) is 0 Å². The molecule has 0 aliphatic carbocycles. The van der Waals surface area contributed by atoms with E-state index >= 15 is 0 Å². The molecule has 2 aromatic rings. The number of anilines is 1. The normalized spacial score (nSPS) is 10.8. The van der Waals surface area contributed by atoms with Crippen LogP contribution in [-0.4, -0.2) is 20.1 Å². The Morgan fingerprint density at radius 1 is 1.17 bits per heavy atom. The maximum atomic E-state index is 12.2. The largest absolute Gasteiger partial charge is 0.326 e. The standard InChI is InChI=1S/C17H16N2O3S/c1-13-5-7-16(8-6-13)23(21,22)10-9-17(20)19-15-4-2-3-14(11-15)12-18/h2-8,11H,9-10H2,1H3,(H,19,20). The van der Waals surface area contributed by atoms with Gasteiger partial charge in [-0.1, -0.05) is 23.8 Å². The van der Waals surface area contributed by atoms with Gasteiger partial charge in [0.2, 0.25) is 5.91 Å². The monoisotopic (exact) mass is 328 g/mol. The molecule has 2 rings (SSSR count). The van der Waals surface area contributed by atoms with Crippen LogP contribution in [0.25, 0.3) is 0 Å². The number of nitrogens with zero attached hydrogens (tertiary/aromatic N) is 1. The third-order valence-electron chi connectivity index (χ3n) is 3.25. The summed E-state index contributed by atoms with van der Waals surface area (Å²) in [6.07, 6.45) is -0.146. The van der Waals surface area contributed by atoms with Gasteiger partial charge in [0.05, 0.1) is 22.3 Å². The number of amides is 1. The summed E-state index contributed by atoms with van der Waals surface area (Å²) in [5, 5.41) is 11.4. The molecule has 2 aromatic carbocycles. The van der Waals surface area contributed by atoms with E-state index in [1.54, 1.807) is 42.5 Å². The summed E-state index contributed by atoms with van der Waals surface area (Å²) < 4.78 is 24.4. The molecule has 0 radical (unpaired) electrons. The third-order valence-corrected chi connectivity index (χ3v) is 4.99. The van der Waals surface area contributed by atoms with Crippen LogP contribution in [0.3, 0.4) is 0 Å². The highest BCUT2D eigenvalue weighted by molar-refractivity contribution is 7.91. The van der Waals surface area contributed by atoms with E-state index in [9.17, 15) is 13.2 Å².